The second-order valence-corrected chi connectivity index (χ2v) is 4.77. The Hall–Kier alpha value is -0.760. The number of nitrogens with zero attached hydrogens (tertiary/aromatic N) is 2. The molecule has 2 rings (SSSR count). The number of aliphatic imine (C=N–C) groups is 1. The first kappa shape index (κ1) is 15.3. The van der Waals surface area contributed by atoms with Gasteiger partial charge in [0.2, 0.25) is 0 Å². The maximum absolute atomic E-state index is 10.2. The maximum atomic E-state index is 10.2. The van der Waals surface area contributed by atoms with Crippen LogP contribution >= 0.6 is 24.0 Å². The molecule has 1 aliphatic carbocycles. The molecule has 3 N–H and O–H groups in total. The van der Waals surface area contributed by atoms with Crippen molar-refractivity contribution >= 4 is 29.9 Å². The largest absolute Gasteiger partial charge is 0.466 e. The Kier molecular flexibility index (Phi) is 5.03. The van der Waals surface area contributed by atoms with Crippen LogP contribution in [0.1, 0.15) is 25.5 Å². The average molecular weight is 365 g/mol. The minimum absolute atomic E-state index is 0. The van der Waals surface area contributed by atoms with E-state index in [1.807, 2.05) is 11.9 Å². The van der Waals surface area contributed by atoms with Crippen LogP contribution < -0.4 is 5.73 Å². The summed E-state index contributed by atoms with van der Waals surface area (Å²) in [5.74, 6) is 0.974. The third-order valence-electron chi connectivity index (χ3n) is 3.06. The van der Waals surface area contributed by atoms with E-state index in [0.717, 1.165) is 0 Å². The Morgan fingerprint density at radius 1 is 1.67 bits per heavy atom. The number of hydrogen-bond donors (Lipinski definition) is 2. The summed E-state index contributed by atoms with van der Waals surface area (Å²) in [7, 11) is 1.93. The summed E-state index contributed by atoms with van der Waals surface area (Å²) in [5.41, 5.74) is 4.74. The van der Waals surface area contributed by atoms with Crippen LogP contribution in [-0.4, -0.2) is 35.6 Å². The molecule has 1 aromatic rings. The van der Waals surface area contributed by atoms with E-state index in [4.69, 9.17) is 10.2 Å². The molecule has 0 spiro atoms. The van der Waals surface area contributed by atoms with Crippen molar-refractivity contribution in [3.05, 3.63) is 24.2 Å². The van der Waals surface area contributed by atoms with Gasteiger partial charge >= 0.3 is 0 Å². The molecule has 1 atom stereocenters. The lowest BCUT2D eigenvalue weighted by Gasteiger charge is -2.21. The topological polar surface area (TPSA) is 75.0 Å². The third kappa shape index (κ3) is 3.61. The highest BCUT2D eigenvalue weighted by Crippen LogP contribution is 2.25. The number of furan rings is 1. The van der Waals surface area contributed by atoms with Crippen molar-refractivity contribution in [2.24, 2.45) is 10.7 Å². The lowest BCUT2D eigenvalue weighted by Crippen LogP contribution is -2.37. The minimum atomic E-state index is -1.11. The van der Waals surface area contributed by atoms with Crippen molar-refractivity contribution in [2.75, 3.05) is 13.6 Å². The van der Waals surface area contributed by atoms with Crippen molar-refractivity contribution in [1.29, 1.82) is 0 Å². The van der Waals surface area contributed by atoms with Gasteiger partial charge in [-0.3, -0.25) is 0 Å². The van der Waals surface area contributed by atoms with E-state index >= 15 is 0 Å². The highest BCUT2D eigenvalue weighted by atomic mass is 127. The summed E-state index contributed by atoms with van der Waals surface area (Å²) >= 11 is 0. The molecule has 1 fully saturated rings. The van der Waals surface area contributed by atoms with Gasteiger partial charge in [-0.05, 0) is 31.9 Å². The Bertz CT molecular complexity index is 399. The summed E-state index contributed by atoms with van der Waals surface area (Å²) < 4.78 is 5.18. The molecule has 0 radical (unpaired) electrons. The van der Waals surface area contributed by atoms with Gasteiger partial charge in [-0.1, -0.05) is 0 Å². The van der Waals surface area contributed by atoms with Crippen LogP contribution in [0.5, 0.6) is 0 Å². The molecule has 0 amide bonds. The highest BCUT2D eigenvalue weighted by molar-refractivity contribution is 14.0. The fraction of sp³-hybridized carbons (Fsp3) is 0.583. The SMILES string of the molecule is CN(C(N)=NCC(C)(O)c1ccco1)C1CC1.I. The van der Waals surface area contributed by atoms with Crippen molar-refractivity contribution < 1.29 is 9.52 Å². The molecule has 1 aliphatic rings. The van der Waals surface area contributed by atoms with Crippen LogP contribution in [-0.2, 0) is 5.60 Å². The van der Waals surface area contributed by atoms with Crippen molar-refractivity contribution in [2.45, 2.75) is 31.4 Å². The zero-order valence-electron chi connectivity index (χ0n) is 10.7. The zero-order valence-corrected chi connectivity index (χ0v) is 13.0. The van der Waals surface area contributed by atoms with E-state index in [-0.39, 0.29) is 30.5 Å². The van der Waals surface area contributed by atoms with Gasteiger partial charge < -0.3 is 20.2 Å². The second-order valence-electron chi connectivity index (χ2n) is 4.77. The van der Waals surface area contributed by atoms with Gasteiger partial charge in [-0.15, -0.1) is 24.0 Å². The van der Waals surface area contributed by atoms with Crippen LogP contribution in [0, 0.1) is 0 Å². The van der Waals surface area contributed by atoms with E-state index < -0.39 is 5.60 Å². The number of rotatable bonds is 4. The van der Waals surface area contributed by atoms with Crippen LogP contribution in [0.2, 0.25) is 0 Å². The molecular formula is C12H20IN3O2. The fourth-order valence-corrected chi connectivity index (χ4v) is 1.66. The molecule has 1 aromatic heterocycles. The number of nitrogens with two attached hydrogens (primary N) is 1. The Morgan fingerprint density at radius 2 is 2.33 bits per heavy atom. The van der Waals surface area contributed by atoms with Crippen molar-refractivity contribution in [3.63, 3.8) is 0 Å². The zero-order chi connectivity index (χ0) is 12.5. The number of guanidine groups is 1. The molecule has 0 aliphatic heterocycles. The predicted molar refractivity (Wildman–Crippen MR) is 81.0 cm³/mol. The first-order chi connectivity index (χ1) is 8.00. The molecule has 0 bridgehead atoms. The monoisotopic (exact) mass is 365 g/mol. The van der Waals surface area contributed by atoms with Gasteiger partial charge in [-0.2, -0.15) is 0 Å². The molecule has 1 unspecified atom stereocenters. The normalized spacial score (nSPS) is 18.9. The van der Waals surface area contributed by atoms with E-state index in [2.05, 4.69) is 4.99 Å². The first-order valence-electron chi connectivity index (χ1n) is 5.80. The van der Waals surface area contributed by atoms with Gasteiger partial charge in [0.15, 0.2) is 5.96 Å². The standard InChI is InChI=1S/C12H19N3O2.HI/c1-12(16,10-4-3-7-17-10)8-14-11(13)15(2)9-5-6-9;/h3-4,7,9,16H,5-6,8H2,1-2H3,(H2,13,14);1H. The predicted octanol–water partition coefficient (Wildman–Crippen LogP) is 1.51. The molecule has 18 heavy (non-hydrogen) atoms. The molecule has 5 nitrogen and oxygen atoms in total. The van der Waals surface area contributed by atoms with Crippen molar-refractivity contribution in [3.8, 4) is 0 Å². The molecule has 0 saturated heterocycles. The molecular weight excluding hydrogens is 345 g/mol. The van der Waals surface area contributed by atoms with Gasteiger partial charge in [0.05, 0.1) is 12.8 Å². The number of hydrogen-bond acceptors (Lipinski definition) is 3. The molecule has 1 heterocycles. The Labute approximate surface area is 124 Å². The summed E-state index contributed by atoms with van der Waals surface area (Å²) in [6.07, 6.45) is 3.87. The summed E-state index contributed by atoms with van der Waals surface area (Å²) in [6, 6.07) is 4.00. The Balaban J connectivity index is 0.00000162. The van der Waals surface area contributed by atoms with E-state index in [1.165, 1.54) is 19.1 Å². The molecule has 6 heteroatoms. The third-order valence-corrected chi connectivity index (χ3v) is 3.06. The fourth-order valence-electron chi connectivity index (χ4n) is 1.66. The maximum Gasteiger partial charge on any atom is 0.191 e. The average Bonchev–Trinajstić information content (AvgIpc) is 2.99. The number of aliphatic hydroxyl groups is 1. The van der Waals surface area contributed by atoms with Gasteiger partial charge in [-0.25, -0.2) is 4.99 Å². The summed E-state index contributed by atoms with van der Waals surface area (Å²) in [4.78, 5) is 6.18. The smallest absolute Gasteiger partial charge is 0.191 e. The first-order valence-corrected chi connectivity index (χ1v) is 5.80. The highest BCUT2D eigenvalue weighted by Gasteiger charge is 2.29. The summed E-state index contributed by atoms with van der Waals surface area (Å²) in [5, 5.41) is 10.2. The second kappa shape index (κ2) is 5.92. The van der Waals surface area contributed by atoms with E-state index in [0.29, 0.717) is 17.8 Å². The van der Waals surface area contributed by atoms with Gasteiger partial charge in [0.1, 0.15) is 11.4 Å². The van der Waals surface area contributed by atoms with Crippen LogP contribution in [0.4, 0.5) is 0 Å². The van der Waals surface area contributed by atoms with Gasteiger partial charge in [0.25, 0.3) is 0 Å². The molecule has 0 aromatic carbocycles. The van der Waals surface area contributed by atoms with Crippen LogP contribution in [0.25, 0.3) is 0 Å². The molecule has 1 saturated carbocycles. The molecule has 102 valence electrons. The van der Waals surface area contributed by atoms with Crippen molar-refractivity contribution in [1.82, 2.24) is 4.90 Å². The van der Waals surface area contributed by atoms with Gasteiger partial charge in [0, 0.05) is 13.1 Å². The quantitative estimate of drug-likeness (QED) is 0.482. The van der Waals surface area contributed by atoms with Crippen LogP contribution in [0.15, 0.2) is 27.8 Å². The van der Waals surface area contributed by atoms with E-state index in [9.17, 15) is 5.11 Å². The lowest BCUT2D eigenvalue weighted by atomic mass is 10.0. The Morgan fingerprint density at radius 3 is 2.83 bits per heavy atom. The van der Waals surface area contributed by atoms with E-state index in [1.54, 1.807) is 19.1 Å². The number of halogens is 1. The lowest BCUT2D eigenvalue weighted by molar-refractivity contribution is 0.0435. The summed E-state index contributed by atoms with van der Waals surface area (Å²) in [6.45, 7) is 1.86. The minimum Gasteiger partial charge on any atom is -0.466 e. The van der Waals surface area contributed by atoms with Crippen LogP contribution in [0.3, 0.4) is 0 Å².